The van der Waals surface area contributed by atoms with Crippen molar-refractivity contribution in [2.24, 2.45) is 0 Å². The second kappa shape index (κ2) is 4.80. The van der Waals surface area contributed by atoms with Gasteiger partial charge >= 0.3 is 0 Å². The Hall–Kier alpha value is -2.06. The van der Waals surface area contributed by atoms with E-state index in [0.717, 1.165) is 20.4 Å². The first-order chi connectivity index (χ1) is 9.51. The Balaban J connectivity index is 2.05. The monoisotopic (exact) mass is 306 g/mol. The third-order valence-electron chi connectivity index (χ3n) is 2.46. The number of amides is 2. The summed E-state index contributed by atoms with van der Waals surface area (Å²) in [4.78, 5) is 30.8. The van der Waals surface area contributed by atoms with Crippen LogP contribution in [-0.2, 0) is 9.59 Å². The fourth-order valence-electron chi connectivity index (χ4n) is 1.76. The van der Waals surface area contributed by atoms with Crippen molar-refractivity contribution in [3.05, 3.63) is 12.1 Å². The van der Waals surface area contributed by atoms with E-state index in [4.69, 9.17) is 0 Å². The first-order valence-electron chi connectivity index (χ1n) is 5.77. The molecular formula is C12H10N4O2S2. The highest BCUT2D eigenvalue weighted by atomic mass is 32.1. The highest BCUT2D eigenvalue weighted by molar-refractivity contribution is 7.23. The molecule has 2 heterocycles. The number of carbonyl (C=O) groups excluding carboxylic acids is 2. The maximum absolute atomic E-state index is 11.0. The van der Waals surface area contributed by atoms with E-state index in [-0.39, 0.29) is 11.8 Å². The van der Waals surface area contributed by atoms with Crippen molar-refractivity contribution in [2.45, 2.75) is 13.8 Å². The molecule has 102 valence electrons. The molecule has 6 nitrogen and oxygen atoms in total. The standard InChI is InChI=1S/C12H10N4O2S2/c1-5(17)13-11-15-7-3-10-8(4-9(7)19-11)16-12(20-10)14-6(2)18/h3-4H,1-2H3,(H,13,15,17)(H,14,16,18). The van der Waals surface area contributed by atoms with Gasteiger partial charge in [-0.25, -0.2) is 9.97 Å². The van der Waals surface area contributed by atoms with Gasteiger partial charge in [0.15, 0.2) is 10.3 Å². The first-order valence-corrected chi connectivity index (χ1v) is 7.41. The zero-order valence-electron chi connectivity index (χ0n) is 10.7. The second-order valence-corrected chi connectivity index (χ2v) is 6.25. The first kappa shape index (κ1) is 12.9. The summed E-state index contributed by atoms with van der Waals surface area (Å²) in [7, 11) is 0. The number of nitrogens with zero attached hydrogens (tertiary/aromatic N) is 2. The van der Waals surface area contributed by atoms with Crippen LogP contribution in [0.5, 0.6) is 0 Å². The molecule has 0 atom stereocenters. The molecule has 0 saturated carbocycles. The van der Waals surface area contributed by atoms with Crippen LogP contribution in [0.4, 0.5) is 10.3 Å². The summed E-state index contributed by atoms with van der Waals surface area (Å²) in [5.74, 6) is -0.283. The smallest absolute Gasteiger partial charge is 0.223 e. The Kier molecular flexibility index (Phi) is 3.11. The van der Waals surface area contributed by atoms with Gasteiger partial charge in [-0.3, -0.25) is 9.59 Å². The van der Waals surface area contributed by atoms with Crippen molar-refractivity contribution in [1.29, 1.82) is 0 Å². The van der Waals surface area contributed by atoms with Gasteiger partial charge in [-0.2, -0.15) is 0 Å². The lowest BCUT2D eigenvalue weighted by Gasteiger charge is -1.91. The van der Waals surface area contributed by atoms with Crippen LogP contribution in [-0.4, -0.2) is 21.8 Å². The number of fused-ring (bicyclic) bond motifs is 2. The fraction of sp³-hybridized carbons (Fsp3) is 0.167. The molecule has 0 aliphatic carbocycles. The molecule has 1 aromatic carbocycles. The van der Waals surface area contributed by atoms with Gasteiger partial charge < -0.3 is 10.6 Å². The summed E-state index contributed by atoms with van der Waals surface area (Å²) in [6, 6.07) is 3.82. The van der Waals surface area contributed by atoms with E-state index in [9.17, 15) is 9.59 Å². The summed E-state index contributed by atoms with van der Waals surface area (Å²) in [6.45, 7) is 2.90. The molecule has 0 radical (unpaired) electrons. The van der Waals surface area contributed by atoms with Gasteiger partial charge in [-0.1, -0.05) is 22.7 Å². The number of carbonyl (C=O) groups is 2. The van der Waals surface area contributed by atoms with Crippen LogP contribution in [0.1, 0.15) is 13.8 Å². The van der Waals surface area contributed by atoms with Gasteiger partial charge in [0.25, 0.3) is 0 Å². The summed E-state index contributed by atoms with van der Waals surface area (Å²) < 4.78 is 1.89. The van der Waals surface area contributed by atoms with Crippen LogP contribution in [0, 0.1) is 0 Å². The van der Waals surface area contributed by atoms with Crippen LogP contribution < -0.4 is 10.6 Å². The zero-order valence-corrected chi connectivity index (χ0v) is 12.3. The Morgan fingerprint density at radius 1 is 0.900 bits per heavy atom. The number of aromatic nitrogens is 2. The Morgan fingerprint density at radius 2 is 1.30 bits per heavy atom. The normalized spacial score (nSPS) is 10.9. The minimum absolute atomic E-state index is 0.142. The average molecular weight is 306 g/mol. The second-order valence-electron chi connectivity index (χ2n) is 4.19. The number of rotatable bonds is 2. The number of hydrogen-bond acceptors (Lipinski definition) is 6. The fourth-order valence-corrected chi connectivity index (χ4v) is 3.61. The molecule has 2 amide bonds. The lowest BCUT2D eigenvalue weighted by atomic mass is 10.3. The summed E-state index contributed by atoms with van der Waals surface area (Å²) in [6.07, 6.45) is 0. The third kappa shape index (κ3) is 2.47. The maximum Gasteiger partial charge on any atom is 0.223 e. The molecule has 0 saturated heterocycles. The molecule has 20 heavy (non-hydrogen) atoms. The van der Waals surface area contributed by atoms with E-state index in [1.807, 2.05) is 12.1 Å². The molecule has 0 bridgehead atoms. The predicted molar refractivity (Wildman–Crippen MR) is 81.4 cm³/mol. The number of nitrogens with one attached hydrogen (secondary N) is 2. The molecule has 8 heteroatoms. The van der Waals surface area contributed by atoms with Gasteiger partial charge in [0.2, 0.25) is 11.8 Å². The maximum atomic E-state index is 11.0. The molecule has 0 aliphatic heterocycles. The van der Waals surface area contributed by atoms with Crippen LogP contribution in [0.3, 0.4) is 0 Å². The van der Waals surface area contributed by atoms with Crippen LogP contribution in [0.25, 0.3) is 20.4 Å². The third-order valence-corrected chi connectivity index (χ3v) is 4.33. The lowest BCUT2D eigenvalue weighted by molar-refractivity contribution is -0.115. The molecule has 3 rings (SSSR count). The van der Waals surface area contributed by atoms with Crippen LogP contribution in [0.2, 0.25) is 0 Å². The van der Waals surface area contributed by atoms with E-state index < -0.39 is 0 Å². The van der Waals surface area contributed by atoms with Crippen LogP contribution in [0.15, 0.2) is 12.1 Å². The van der Waals surface area contributed by atoms with E-state index in [0.29, 0.717) is 10.3 Å². The summed E-state index contributed by atoms with van der Waals surface area (Å²) in [5.41, 5.74) is 1.62. The topological polar surface area (TPSA) is 84.0 Å². The Labute approximate surface area is 121 Å². The van der Waals surface area contributed by atoms with E-state index in [2.05, 4.69) is 20.6 Å². The summed E-state index contributed by atoms with van der Waals surface area (Å²) >= 11 is 2.80. The number of hydrogen-bond donors (Lipinski definition) is 2. The van der Waals surface area contributed by atoms with Gasteiger partial charge in [-0.15, -0.1) is 0 Å². The Morgan fingerprint density at radius 3 is 1.65 bits per heavy atom. The van der Waals surface area contributed by atoms with Gasteiger partial charge in [-0.05, 0) is 12.1 Å². The molecule has 2 aromatic heterocycles. The van der Waals surface area contributed by atoms with Gasteiger partial charge in [0.1, 0.15) is 0 Å². The van der Waals surface area contributed by atoms with E-state index >= 15 is 0 Å². The number of anilines is 2. The van der Waals surface area contributed by atoms with Gasteiger partial charge in [0.05, 0.1) is 20.4 Å². The highest BCUT2D eigenvalue weighted by Crippen LogP contribution is 2.33. The van der Waals surface area contributed by atoms with Gasteiger partial charge in [0, 0.05) is 13.8 Å². The summed E-state index contributed by atoms with van der Waals surface area (Å²) in [5, 5.41) is 6.50. The number of thiazole rings is 2. The molecule has 3 aromatic rings. The lowest BCUT2D eigenvalue weighted by Crippen LogP contribution is -2.04. The van der Waals surface area contributed by atoms with Crippen molar-refractivity contribution in [3.8, 4) is 0 Å². The quantitative estimate of drug-likeness (QED) is 0.762. The molecular weight excluding hydrogens is 296 g/mol. The Bertz CT molecular complexity index is 720. The minimum atomic E-state index is -0.142. The van der Waals surface area contributed by atoms with Crippen molar-refractivity contribution in [1.82, 2.24) is 9.97 Å². The van der Waals surface area contributed by atoms with Crippen molar-refractivity contribution >= 4 is 65.2 Å². The van der Waals surface area contributed by atoms with Crippen LogP contribution >= 0.6 is 22.7 Å². The van der Waals surface area contributed by atoms with E-state index in [1.54, 1.807) is 0 Å². The minimum Gasteiger partial charge on any atom is -0.302 e. The zero-order chi connectivity index (χ0) is 14.3. The molecule has 0 aliphatic rings. The SMILES string of the molecule is CC(=O)Nc1nc2cc3sc(NC(C)=O)nc3cc2s1. The van der Waals surface area contributed by atoms with Crippen molar-refractivity contribution < 1.29 is 9.59 Å². The number of benzene rings is 1. The van der Waals surface area contributed by atoms with Crippen molar-refractivity contribution in [3.63, 3.8) is 0 Å². The highest BCUT2D eigenvalue weighted by Gasteiger charge is 2.10. The predicted octanol–water partition coefficient (Wildman–Crippen LogP) is 2.82. The molecule has 0 fully saturated rings. The van der Waals surface area contributed by atoms with E-state index in [1.165, 1.54) is 36.5 Å². The van der Waals surface area contributed by atoms with Crippen molar-refractivity contribution in [2.75, 3.05) is 10.6 Å². The molecule has 2 N–H and O–H groups in total. The largest absolute Gasteiger partial charge is 0.302 e. The molecule has 0 unspecified atom stereocenters. The molecule has 0 spiro atoms. The average Bonchev–Trinajstić information content (AvgIpc) is 2.84.